The fourth-order valence-electron chi connectivity index (χ4n) is 6.31. The smallest absolute Gasteiger partial charge is 0.0593 e. The van der Waals surface area contributed by atoms with Gasteiger partial charge in [-0.2, -0.15) is 0 Å². The summed E-state index contributed by atoms with van der Waals surface area (Å²) in [5.74, 6) is 0.920. The van der Waals surface area contributed by atoms with Crippen molar-refractivity contribution in [2.75, 3.05) is 0 Å². The number of hydrogen-bond acceptors (Lipinski definition) is 3. The molecule has 0 aromatic heterocycles. The van der Waals surface area contributed by atoms with Crippen LogP contribution in [0.5, 0.6) is 0 Å². The highest BCUT2D eigenvalue weighted by Gasteiger charge is 2.39. The molecule has 30 heavy (non-hydrogen) atoms. The third kappa shape index (κ3) is 6.94. The fourth-order valence-corrected chi connectivity index (χ4v) is 6.31. The number of ether oxygens (including phenoxy) is 2. The lowest BCUT2D eigenvalue weighted by Gasteiger charge is -2.50. The minimum Gasteiger partial charge on any atom is -0.375 e. The summed E-state index contributed by atoms with van der Waals surface area (Å²) in [5, 5.41) is 0. The largest absolute Gasteiger partial charge is 0.375 e. The second-order valence-corrected chi connectivity index (χ2v) is 11.0. The molecule has 0 radical (unpaired) electrons. The summed E-state index contributed by atoms with van der Waals surface area (Å²) < 4.78 is 12.9. The SMILES string of the molecule is CCC(C)OC1CCCC(N(C2CCC(C)CC2)C2CCCC(OC(C)CC)C2)C1. The molecule has 0 heterocycles. The number of rotatable bonds is 9. The molecule has 0 aliphatic heterocycles. The maximum absolute atomic E-state index is 6.45. The Balaban J connectivity index is 1.70. The first-order valence-corrected chi connectivity index (χ1v) is 13.6. The summed E-state index contributed by atoms with van der Waals surface area (Å²) in [6.45, 7) is 11.5. The molecular weight excluding hydrogens is 370 g/mol. The van der Waals surface area contributed by atoms with E-state index >= 15 is 0 Å². The molecule has 3 fully saturated rings. The molecule has 0 N–H and O–H groups in total. The molecule has 6 unspecified atom stereocenters. The van der Waals surface area contributed by atoms with Crippen molar-refractivity contribution in [1.82, 2.24) is 4.90 Å². The van der Waals surface area contributed by atoms with E-state index in [1.165, 1.54) is 77.0 Å². The molecule has 6 atom stereocenters. The van der Waals surface area contributed by atoms with Gasteiger partial charge in [0.15, 0.2) is 0 Å². The molecule has 0 amide bonds. The zero-order valence-electron chi connectivity index (χ0n) is 20.8. The fraction of sp³-hybridized carbons (Fsp3) is 1.00. The van der Waals surface area contributed by atoms with Gasteiger partial charge in [0.1, 0.15) is 0 Å². The van der Waals surface area contributed by atoms with Crippen molar-refractivity contribution in [3.8, 4) is 0 Å². The summed E-state index contributed by atoms with van der Waals surface area (Å²) in [6.07, 6.45) is 20.1. The van der Waals surface area contributed by atoms with Crippen LogP contribution in [0.25, 0.3) is 0 Å². The number of hydrogen-bond donors (Lipinski definition) is 0. The van der Waals surface area contributed by atoms with Crippen LogP contribution in [-0.4, -0.2) is 47.4 Å². The van der Waals surface area contributed by atoms with E-state index in [-0.39, 0.29) is 0 Å². The topological polar surface area (TPSA) is 21.7 Å². The average Bonchev–Trinajstić information content (AvgIpc) is 2.75. The molecule has 3 nitrogen and oxygen atoms in total. The van der Waals surface area contributed by atoms with Crippen molar-refractivity contribution in [3.63, 3.8) is 0 Å². The van der Waals surface area contributed by atoms with Crippen LogP contribution in [0.3, 0.4) is 0 Å². The molecule has 3 rings (SSSR count). The molecule has 0 bridgehead atoms. The van der Waals surface area contributed by atoms with Gasteiger partial charge in [-0.05, 0) is 110 Å². The third-order valence-electron chi connectivity index (χ3n) is 8.45. The van der Waals surface area contributed by atoms with Gasteiger partial charge in [-0.1, -0.05) is 20.8 Å². The summed E-state index contributed by atoms with van der Waals surface area (Å²) in [7, 11) is 0. The van der Waals surface area contributed by atoms with Gasteiger partial charge in [0.05, 0.1) is 24.4 Å². The van der Waals surface area contributed by atoms with E-state index in [2.05, 4.69) is 39.5 Å². The number of nitrogens with zero attached hydrogens (tertiary/aromatic N) is 1. The van der Waals surface area contributed by atoms with Gasteiger partial charge >= 0.3 is 0 Å². The Morgan fingerprint density at radius 2 is 1.13 bits per heavy atom. The predicted molar refractivity (Wildman–Crippen MR) is 127 cm³/mol. The first kappa shape index (κ1) is 24.5. The normalized spacial score (nSPS) is 37.8. The van der Waals surface area contributed by atoms with E-state index in [1.54, 1.807) is 0 Å². The van der Waals surface area contributed by atoms with Crippen LogP contribution < -0.4 is 0 Å². The van der Waals surface area contributed by atoms with Crippen LogP contribution in [0.2, 0.25) is 0 Å². The first-order valence-electron chi connectivity index (χ1n) is 13.6. The van der Waals surface area contributed by atoms with Crippen LogP contribution in [-0.2, 0) is 9.47 Å². The van der Waals surface area contributed by atoms with Crippen LogP contribution in [0.1, 0.15) is 125 Å². The van der Waals surface area contributed by atoms with Gasteiger partial charge in [0, 0.05) is 18.1 Å². The Morgan fingerprint density at radius 3 is 1.57 bits per heavy atom. The maximum atomic E-state index is 6.45. The van der Waals surface area contributed by atoms with Crippen molar-refractivity contribution in [3.05, 3.63) is 0 Å². The second kappa shape index (κ2) is 12.2. The Bertz CT molecular complexity index is 443. The van der Waals surface area contributed by atoms with Crippen LogP contribution >= 0.6 is 0 Å². The average molecular weight is 422 g/mol. The Hall–Kier alpha value is -0.120. The van der Waals surface area contributed by atoms with Crippen LogP contribution in [0.15, 0.2) is 0 Å². The molecule has 0 aromatic carbocycles. The molecule has 176 valence electrons. The van der Waals surface area contributed by atoms with E-state index in [9.17, 15) is 0 Å². The molecule has 0 aromatic rings. The van der Waals surface area contributed by atoms with Crippen molar-refractivity contribution in [1.29, 1.82) is 0 Å². The molecule has 3 aliphatic rings. The minimum absolute atomic E-state index is 0.403. The molecule has 3 aliphatic carbocycles. The minimum atomic E-state index is 0.403. The van der Waals surface area contributed by atoms with Crippen LogP contribution in [0.4, 0.5) is 0 Å². The van der Waals surface area contributed by atoms with Crippen molar-refractivity contribution in [2.24, 2.45) is 5.92 Å². The lowest BCUT2D eigenvalue weighted by Crippen LogP contribution is -2.54. The van der Waals surface area contributed by atoms with E-state index in [0.717, 1.165) is 36.9 Å². The van der Waals surface area contributed by atoms with Gasteiger partial charge in [-0.15, -0.1) is 0 Å². The summed E-state index contributed by atoms with van der Waals surface area (Å²) >= 11 is 0. The zero-order chi connectivity index (χ0) is 21.5. The summed E-state index contributed by atoms with van der Waals surface area (Å²) in [5.41, 5.74) is 0. The highest BCUT2D eigenvalue weighted by atomic mass is 16.5. The second-order valence-electron chi connectivity index (χ2n) is 11.0. The van der Waals surface area contributed by atoms with E-state index in [0.29, 0.717) is 24.4 Å². The van der Waals surface area contributed by atoms with Crippen LogP contribution in [0, 0.1) is 5.92 Å². The van der Waals surface area contributed by atoms with Gasteiger partial charge in [-0.3, -0.25) is 4.90 Å². The Labute approximate surface area is 187 Å². The molecule has 3 heteroatoms. The van der Waals surface area contributed by atoms with Gasteiger partial charge in [-0.25, -0.2) is 0 Å². The van der Waals surface area contributed by atoms with Crippen molar-refractivity contribution >= 4 is 0 Å². The lowest BCUT2D eigenvalue weighted by molar-refractivity contribution is -0.0813. The van der Waals surface area contributed by atoms with Gasteiger partial charge in [0.25, 0.3) is 0 Å². The summed E-state index contributed by atoms with van der Waals surface area (Å²) in [6, 6.07) is 2.23. The Kier molecular flexibility index (Phi) is 9.98. The molecular formula is C27H51NO2. The first-order chi connectivity index (χ1) is 14.5. The highest BCUT2D eigenvalue weighted by Crippen LogP contribution is 2.38. The van der Waals surface area contributed by atoms with E-state index in [4.69, 9.17) is 9.47 Å². The van der Waals surface area contributed by atoms with Gasteiger partial charge < -0.3 is 9.47 Å². The third-order valence-corrected chi connectivity index (χ3v) is 8.45. The quantitative estimate of drug-likeness (QED) is 0.395. The molecule has 0 saturated heterocycles. The monoisotopic (exact) mass is 421 g/mol. The Morgan fingerprint density at radius 1 is 0.667 bits per heavy atom. The van der Waals surface area contributed by atoms with E-state index < -0.39 is 0 Å². The van der Waals surface area contributed by atoms with E-state index in [1.807, 2.05) is 0 Å². The van der Waals surface area contributed by atoms with Crippen molar-refractivity contribution in [2.45, 2.75) is 167 Å². The lowest BCUT2D eigenvalue weighted by atomic mass is 9.80. The molecule has 3 saturated carbocycles. The maximum Gasteiger partial charge on any atom is 0.0593 e. The molecule has 0 spiro atoms. The highest BCUT2D eigenvalue weighted by molar-refractivity contribution is 4.93. The zero-order valence-corrected chi connectivity index (χ0v) is 20.8. The predicted octanol–water partition coefficient (Wildman–Crippen LogP) is 7.12. The standard InChI is InChI=1S/C27H51NO2/c1-6-21(4)29-26-12-8-10-24(18-26)28(23-16-14-20(3)15-17-23)25-11-9-13-27(19-25)30-22(5)7-2/h20-27H,6-19H2,1-5H3. The van der Waals surface area contributed by atoms with Gasteiger partial charge in [0.2, 0.25) is 0 Å². The summed E-state index contributed by atoms with van der Waals surface area (Å²) in [4.78, 5) is 3.05. The van der Waals surface area contributed by atoms with Crippen molar-refractivity contribution < 1.29 is 9.47 Å².